The molecule has 0 amide bonds. The van der Waals surface area contributed by atoms with E-state index in [1.807, 2.05) is 0 Å². The predicted molar refractivity (Wildman–Crippen MR) is 57.8 cm³/mol. The zero-order valence-electron chi connectivity index (χ0n) is 7.12. The third kappa shape index (κ3) is 2.17. The topological polar surface area (TPSA) is 43.1 Å². The van der Waals surface area contributed by atoms with Gasteiger partial charge in [-0.3, -0.25) is 4.79 Å². The fourth-order valence-corrected chi connectivity index (χ4v) is 1.46. The summed E-state index contributed by atoms with van der Waals surface area (Å²) in [5, 5.41) is -0.574. The number of halogens is 1. The molecule has 0 heterocycles. The van der Waals surface area contributed by atoms with Gasteiger partial charge in [-0.15, -0.1) is 24.2 Å². The Balaban J connectivity index is 3.20. The monoisotopic (exact) mass is 215 g/mol. The first kappa shape index (κ1) is 10.4. The van der Waals surface area contributed by atoms with E-state index in [0.717, 1.165) is 0 Å². The van der Waals surface area contributed by atoms with Crippen molar-refractivity contribution < 1.29 is 4.79 Å². The highest BCUT2D eigenvalue weighted by Crippen LogP contribution is 2.23. The molecule has 0 aliphatic rings. The summed E-state index contributed by atoms with van der Waals surface area (Å²) in [5.41, 5.74) is 6.46. The molecule has 70 valence electrons. The van der Waals surface area contributed by atoms with E-state index in [2.05, 4.69) is 12.6 Å². The molecular formula is C9H10ClNOS. The Hall–Kier alpha value is -0.670. The molecule has 2 N–H and O–H groups in total. The van der Waals surface area contributed by atoms with Gasteiger partial charge in [0, 0.05) is 10.6 Å². The largest absolute Gasteiger partial charge is 0.398 e. The summed E-state index contributed by atoms with van der Waals surface area (Å²) in [6, 6.07) is 5.12. The highest BCUT2D eigenvalue weighted by Gasteiger charge is 2.17. The van der Waals surface area contributed by atoms with Crippen LogP contribution in [0.3, 0.4) is 0 Å². The van der Waals surface area contributed by atoms with Crippen molar-refractivity contribution in [3.8, 4) is 0 Å². The van der Waals surface area contributed by atoms with Crippen molar-refractivity contribution in [3.63, 3.8) is 0 Å². The second kappa shape index (κ2) is 4.03. The molecule has 0 spiro atoms. The molecule has 1 rings (SSSR count). The molecule has 0 fully saturated rings. The number of benzene rings is 1. The molecule has 1 unspecified atom stereocenters. The third-order valence-electron chi connectivity index (χ3n) is 1.68. The van der Waals surface area contributed by atoms with Crippen LogP contribution >= 0.6 is 24.2 Å². The van der Waals surface area contributed by atoms with Crippen molar-refractivity contribution in [1.82, 2.24) is 0 Å². The highest BCUT2D eigenvalue weighted by atomic mass is 35.5. The number of alkyl halides is 1. The van der Waals surface area contributed by atoms with Gasteiger partial charge in [-0.25, -0.2) is 0 Å². The Morgan fingerprint density at radius 3 is 2.69 bits per heavy atom. The Morgan fingerprint density at radius 2 is 2.23 bits per heavy atom. The van der Waals surface area contributed by atoms with Gasteiger partial charge in [-0.2, -0.15) is 0 Å². The van der Waals surface area contributed by atoms with Crippen LogP contribution in [0.1, 0.15) is 17.3 Å². The second-order valence-electron chi connectivity index (χ2n) is 2.72. The van der Waals surface area contributed by atoms with Gasteiger partial charge in [0.2, 0.25) is 0 Å². The number of anilines is 1. The van der Waals surface area contributed by atoms with Crippen LogP contribution in [-0.2, 0) is 0 Å². The zero-order chi connectivity index (χ0) is 10.0. The van der Waals surface area contributed by atoms with Crippen molar-refractivity contribution in [2.45, 2.75) is 17.2 Å². The molecular weight excluding hydrogens is 206 g/mol. The van der Waals surface area contributed by atoms with E-state index < -0.39 is 5.38 Å². The summed E-state index contributed by atoms with van der Waals surface area (Å²) in [6.45, 7) is 1.61. The minimum atomic E-state index is -0.574. The molecule has 0 saturated heterocycles. The van der Waals surface area contributed by atoms with Gasteiger partial charge in [0.1, 0.15) is 0 Å². The summed E-state index contributed by atoms with van der Waals surface area (Å²) in [7, 11) is 0. The molecule has 1 atom stereocenters. The summed E-state index contributed by atoms with van der Waals surface area (Å²) in [6.07, 6.45) is 0. The van der Waals surface area contributed by atoms with E-state index in [0.29, 0.717) is 16.1 Å². The fraction of sp³-hybridized carbons (Fsp3) is 0.222. The van der Waals surface area contributed by atoms with Crippen LogP contribution in [-0.4, -0.2) is 11.2 Å². The molecule has 0 aliphatic carbocycles. The number of nitrogens with two attached hydrogens (primary N) is 1. The van der Waals surface area contributed by atoms with Gasteiger partial charge in [-0.05, 0) is 19.1 Å². The highest BCUT2D eigenvalue weighted by molar-refractivity contribution is 7.80. The van der Waals surface area contributed by atoms with Gasteiger partial charge in [0.15, 0.2) is 5.78 Å². The number of rotatable bonds is 2. The van der Waals surface area contributed by atoms with Gasteiger partial charge >= 0.3 is 0 Å². The number of hydrogen-bond donors (Lipinski definition) is 2. The van der Waals surface area contributed by atoms with Crippen molar-refractivity contribution in [1.29, 1.82) is 0 Å². The van der Waals surface area contributed by atoms with Gasteiger partial charge in [0.25, 0.3) is 0 Å². The van der Waals surface area contributed by atoms with Crippen LogP contribution in [0.4, 0.5) is 5.69 Å². The van der Waals surface area contributed by atoms with Crippen molar-refractivity contribution in [3.05, 3.63) is 23.8 Å². The summed E-state index contributed by atoms with van der Waals surface area (Å²) in [4.78, 5) is 12.1. The molecule has 0 radical (unpaired) electrons. The molecule has 1 aromatic carbocycles. The first-order valence-electron chi connectivity index (χ1n) is 3.79. The van der Waals surface area contributed by atoms with Crippen LogP contribution < -0.4 is 5.73 Å². The van der Waals surface area contributed by atoms with Crippen LogP contribution in [0.25, 0.3) is 0 Å². The number of carbonyl (C=O) groups is 1. The van der Waals surface area contributed by atoms with Crippen LogP contribution in [0, 0.1) is 0 Å². The van der Waals surface area contributed by atoms with Gasteiger partial charge in [-0.1, -0.05) is 6.07 Å². The Kier molecular flexibility index (Phi) is 3.22. The smallest absolute Gasteiger partial charge is 0.183 e. The van der Waals surface area contributed by atoms with Crippen LogP contribution in [0.5, 0.6) is 0 Å². The average molecular weight is 216 g/mol. The number of ketones is 1. The normalized spacial score (nSPS) is 12.5. The standard InChI is InChI=1S/C9H10ClNOS/c1-5(10)9(12)8-6(11)3-2-4-7(8)13/h2-5,13H,11H2,1H3. The zero-order valence-corrected chi connectivity index (χ0v) is 8.77. The lowest BCUT2D eigenvalue weighted by molar-refractivity contribution is 0.0990. The first-order valence-corrected chi connectivity index (χ1v) is 4.68. The van der Waals surface area contributed by atoms with Crippen molar-refractivity contribution in [2.75, 3.05) is 5.73 Å². The van der Waals surface area contributed by atoms with Gasteiger partial charge < -0.3 is 5.73 Å². The van der Waals surface area contributed by atoms with E-state index in [1.54, 1.807) is 25.1 Å². The van der Waals surface area contributed by atoms with E-state index in [1.165, 1.54) is 0 Å². The molecule has 4 heteroatoms. The Morgan fingerprint density at radius 1 is 1.62 bits per heavy atom. The van der Waals surface area contributed by atoms with Crippen molar-refractivity contribution >= 4 is 35.7 Å². The van der Waals surface area contributed by atoms with Crippen LogP contribution in [0.15, 0.2) is 23.1 Å². The van der Waals surface area contributed by atoms with E-state index in [4.69, 9.17) is 17.3 Å². The van der Waals surface area contributed by atoms with Crippen LogP contribution in [0.2, 0.25) is 0 Å². The molecule has 0 bridgehead atoms. The van der Waals surface area contributed by atoms with E-state index in [-0.39, 0.29) is 5.78 Å². The summed E-state index contributed by atoms with van der Waals surface area (Å²) in [5.74, 6) is -0.190. The molecule has 2 nitrogen and oxygen atoms in total. The van der Waals surface area contributed by atoms with Crippen molar-refractivity contribution in [2.24, 2.45) is 0 Å². The average Bonchev–Trinajstić information content (AvgIpc) is 2.03. The maximum atomic E-state index is 11.5. The molecule has 13 heavy (non-hydrogen) atoms. The first-order chi connectivity index (χ1) is 6.04. The van der Waals surface area contributed by atoms with E-state index in [9.17, 15) is 4.79 Å². The molecule has 0 saturated carbocycles. The second-order valence-corrected chi connectivity index (χ2v) is 3.86. The molecule has 0 aliphatic heterocycles. The minimum absolute atomic E-state index is 0.190. The third-order valence-corrected chi connectivity index (χ3v) is 2.25. The van der Waals surface area contributed by atoms with Gasteiger partial charge in [0.05, 0.1) is 10.9 Å². The minimum Gasteiger partial charge on any atom is -0.398 e. The number of carbonyl (C=O) groups excluding carboxylic acids is 1. The maximum absolute atomic E-state index is 11.5. The lowest BCUT2D eigenvalue weighted by Gasteiger charge is -2.08. The Labute approximate surface area is 87.5 Å². The number of nitrogen functional groups attached to an aromatic ring is 1. The molecule has 0 aromatic heterocycles. The fourth-order valence-electron chi connectivity index (χ4n) is 1.02. The molecule has 1 aromatic rings. The summed E-state index contributed by atoms with van der Waals surface area (Å²) >= 11 is 9.81. The summed E-state index contributed by atoms with van der Waals surface area (Å²) < 4.78 is 0. The number of hydrogen-bond acceptors (Lipinski definition) is 3. The Bertz CT molecular complexity index is 318. The SMILES string of the molecule is CC(Cl)C(=O)c1c(N)cccc1S. The lowest BCUT2D eigenvalue weighted by atomic mass is 10.1. The number of thiol groups is 1. The quantitative estimate of drug-likeness (QED) is 0.344. The maximum Gasteiger partial charge on any atom is 0.183 e. The lowest BCUT2D eigenvalue weighted by Crippen LogP contribution is -2.13. The number of Topliss-reactive ketones (excluding diaryl/α,β-unsaturated/α-hetero) is 1. The van der Waals surface area contributed by atoms with E-state index >= 15 is 0 Å². The predicted octanol–water partition coefficient (Wildman–Crippen LogP) is 2.37.